The third-order valence-corrected chi connectivity index (χ3v) is 3.62. The van der Waals surface area contributed by atoms with E-state index in [1.54, 1.807) is 40.5 Å². The summed E-state index contributed by atoms with van der Waals surface area (Å²) in [6.45, 7) is 0.279. The Kier molecular flexibility index (Phi) is 4.10. The molecule has 0 saturated carbocycles. The highest BCUT2D eigenvalue weighted by molar-refractivity contribution is 7.08. The predicted molar refractivity (Wildman–Crippen MR) is 81.2 cm³/mol. The van der Waals surface area contributed by atoms with Crippen molar-refractivity contribution >= 4 is 17.2 Å². The molecule has 0 unspecified atom stereocenters. The van der Waals surface area contributed by atoms with E-state index in [2.05, 4.69) is 20.6 Å². The molecule has 0 spiro atoms. The first-order valence-corrected chi connectivity index (χ1v) is 7.43. The number of ether oxygens (including phenoxy) is 1. The molecule has 0 aliphatic carbocycles. The van der Waals surface area contributed by atoms with E-state index in [0.29, 0.717) is 17.1 Å². The summed E-state index contributed by atoms with van der Waals surface area (Å²) >= 11 is 1.58. The highest BCUT2D eigenvalue weighted by Crippen LogP contribution is 2.14. The van der Waals surface area contributed by atoms with E-state index < -0.39 is 0 Å². The second kappa shape index (κ2) is 6.35. The molecule has 8 heteroatoms. The van der Waals surface area contributed by atoms with Crippen molar-refractivity contribution in [2.45, 2.75) is 6.54 Å². The monoisotopic (exact) mass is 315 g/mol. The molecule has 22 heavy (non-hydrogen) atoms. The fourth-order valence-electron chi connectivity index (χ4n) is 1.89. The van der Waals surface area contributed by atoms with Gasteiger partial charge in [-0.3, -0.25) is 4.79 Å². The number of carbonyl (C=O) groups is 1. The van der Waals surface area contributed by atoms with Gasteiger partial charge in [0.25, 0.3) is 5.91 Å². The molecule has 0 radical (unpaired) electrons. The number of amides is 1. The van der Waals surface area contributed by atoms with E-state index in [0.717, 1.165) is 5.69 Å². The van der Waals surface area contributed by atoms with Crippen molar-refractivity contribution in [1.29, 1.82) is 0 Å². The molecule has 0 aliphatic heterocycles. The van der Waals surface area contributed by atoms with E-state index in [-0.39, 0.29) is 12.5 Å². The molecule has 0 bridgehead atoms. The summed E-state index contributed by atoms with van der Waals surface area (Å²) in [5, 5.41) is 14.8. The van der Waals surface area contributed by atoms with E-state index in [4.69, 9.17) is 4.74 Å². The molecule has 3 rings (SSSR count). The highest BCUT2D eigenvalue weighted by atomic mass is 32.1. The van der Waals surface area contributed by atoms with Crippen molar-refractivity contribution in [1.82, 2.24) is 25.3 Å². The SMILES string of the molecule is COc1ncccc1C(=O)NCc1cn(-c2ccsc2)nn1. The molecule has 0 saturated heterocycles. The fourth-order valence-corrected chi connectivity index (χ4v) is 2.51. The van der Waals surface area contributed by atoms with Crippen LogP contribution in [0.15, 0.2) is 41.4 Å². The molecule has 3 aromatic rings. The lowest BCUT2D eigenvalue weighted by atomic mass is 10.2. The molecule has 0 aromatic carbocycles. The first-order valence-electron chi connectivity index (χ1n) is 6.49. The van der Waals surface area contributed by atoms with Crippen LogP contribution in [0.5, 0.6) is 5.88 Å². The van der Waals surface area contributed by atoms with Gasteiger partial charge in [0.2, 0.25) is 5.88 Å². The standard InChI is InChI=1S/C14H13N5O2S/c1-21-14-12(3-2-5-15-14)13(20)16-7-10-8-19(18-17-10)11-4-6-22-9-11/h2-6,8-9H,7H2,1H3,(H,16,20). The first kappa shape index (κ1) is 14.2. The predicted octanol–water partition coefficient (Wildman–Crippen LogP) is 1.66. The summed E-state index contributed by atoms with van der Waals surface area (Å²) < 4.78 is 6.74. The van der Waals surface area contributed by atoms with E-state index in [9.17, 15) is 4.79 Å². The summed E-state index contributed by atoms with van der Waals surface area (Å²) in [6, 6.07) is 5.29. The molecule has 0 fully saturated rings. The van der Waals surface area contributed by atoms with Crippen LogP contribution in [0.1, 0.15) is 16.1 Å². The average Bonchev–Trinajstić information content (AvgIpc) is 3.23. The quantitative estimate of drug-likeness (QED) is 0.774. The van der Waals surface area contributed by atoms with Gasteiger partial charge in [-0.1, -0.05) is 5.21 Å². The molecular weight excluding hydrogens is 302 g/mol. The Balaban J connectivity index is 1.66. The number of rotatable bonds is 5. The van der Waals surface area contributed by atoms with Gasteiger partial charge in [0.1, 0.15) is 11.3 Å². The molecule has 0 atom stereocenters. The van der Waals surface area contributed by atoms with Crippen LogP contribution in [0.25, 0.3) is 5.69 Å². The summed E-state index contributed by atoms with van der Waals surface area (Å²) in [6.07, 6.45) is 3.35. The van der Waals surface area contributed by atoms with Crippen molar-refractivity contribution in [3.8, 4) is 11.6 Å². The van der Waals surface area contributed by atoms with Crippen LogP contribution in [0, 0.1) is 0 Å². The zero-order valence-corrected chi connectivity index (χ0v) is 12.6. The van der Waals surface area contributed by atoms with Crippen LogP contribution in [0.3, 0.4) is 0 Å². The number of aromatic nitrogens is 4. The number of nitrogens with zero attached hydrogens (tertiary/aromatic N) is 4. The Bertz CT molecular complexity index is 769. The summed E-state index contributed by atoms with van der Waals surface area (Å²) in [4.78, 5) is 16.1. The van der Waals surface area contributed by atoms with Gasteiger partial charge in [0.05, 0.1) is 25.5 Å². The second-order valence-electron chi connectivity index (χ2n) is 4.38. The largest absolute Gasteiger partial charge is 0.480 e. The zero-order chi connectivity index (χ0) is 15.4. The Morgan fingerprint density at radius 1 is 1.45 bits per heavy atom. The smallest absolute Gasteiger partial charge is 0.257 e. The van der Waals surface area contributed by atoms with E-state index >= 15 is 0 Å². The van der Waals surface area contributed by atoms with Crippen LogP contribution in [-0.4, -0.2) is 33.0 Å². The van der Waals surface area contributed by atoms with Gasteiger partial charge >= 0.3 is 0 Å². The molecule has 7 nitrogen and oxygen atoms in total. The lowest BCUT2D eigenvalue weighted by Gasteiger charge is -2.06. The van der Waals surface area contributed by atoms with Gasteiger partial charge < -0.3 is 10.1 Å². The Morgan fingerprint density at radius 3 is 3.14 bits per heavy atom. The minimum atomic E-state index is -0.268. The number of thiophene rings is 1. The van der Waals surface area contributed by atoms with Gasteiger partial charge in [-0.25, -0.2) is 9.67 Å². The van der Waals surface area contributed by atoms with Gasteiger partial charge in [0.15, 0.2) is 0 Å². The van der Waals surface area contributed by atoms with Crippen molar-refractivity contribution in [3.63, 3.8) is 0 Å². The summed E-state index contributed by atoms with van der Waals surface area (Å²) in [5.41, 5.74) is 2.00. The lowest BCUT2D eigenvalue weighted by Crippen LogP contribution is -2.23. The lowest BCUT2D eigenvalue weighted by molar-refractivity contribution is 0.0946. The van der Waals surface area contributed by atoms with Crippen molar-refractivity contribution in [2.75, 3.05) is 7.11 Å². The number of hydrogen-bond donors (Lipinski definition) is 1. The number of nitrogens with one attached hydrogen (secondary N) is 1. The Hall–Kier alpha value is -2.74. The van der Waals surface area contributed by atoms with Crippen LogP contribution in [-0.2, 0) is 6.54 Å². The van der Waals surface area contributed by atoms with Gasteiger partial charge in [-0.15, -0.1) is 5.10 Å². The maximum absolute atomic E-state index is 12.1. The Morgan fingerprint density at radius 2 is 2.36 bits per heavy atom. The van der Waals surface area contributed by atoms with Crippen molar-refractivity contribution in [3.05, 3.63) is 52.6 Å². The third-order valence-electron chi connectivity index (χ3n) is 2.95. The summed E-state index contributed by atoms with van der Waals surface area (Å²) in [7, 11) is 1.48. The molecule has 0 aliphatic rings. The van der Waals surface area contributed by atoms with Gasteiger partial charge in [0, 0.05) is 11.6 Å². The van der Waals surface area contributed by atoms with Gasteiger partial charge in [-0.2, -0.15) is 11.3 Å². The maximum Gasteiger partial charge on any atom is 0.257 e. The molecule has 1 N–H and O–H groups in total. The molecule has 3 aromatic heterocycles. The third kappa shape index (κ3) is 2.96. The van der Waals surface area contributed by atoms with E-state index in [1.165, 1.54) is 7.11 Å². The maximum atomic E-state index is 12.1. The summed E-state index contributed by atoms with van der Waals surface area (Å²) in [5.74, 6) is 0.0250. The van der Waals surface area contributed by atoms with Crippen LogP contribution in [0.2, 0.25) is 0 Å². The first-order chi connectivity index (χ1) is 10.8. The minimum Gasteiger partial charge on any atom is -0.480 e. The average molecular weight is 315 g/mol. The van der Waals surface area contributed by atoms with E-state index in [1.807, 2.05) is 16.8 Å². The number of carbonyl (C=O) groups excluding carboxylic acids is 1. The van der Waals surface area contributed by atoms with Crippen molar-refractivity contribution in [2.24, 2.45) is 0 Å². The van der Waals surface area contributed by atoms with Crippen molar-refractivity contribution < 1.29 is 9.53 Å². The minimum absolute atomic E-state index is 0.268. The highest BCUT2D eigenvalue weighted by Gasteiger charge is 2.13. The van der Waals surface area contributed by atoms with Crippen LogP contribution < -0.4 is 10.1 Å². The number of methoxy groups -OCH3 is 1. The number of pyridine rings is 1. The van der Waals surface area contributed by atoms with Crippen LogP contribution >= 0.6 is 11.3 Å². The molecule has 1 amide bonds. The number of hydrogen-bond acceptors (Lipinski definition) is 6. The molecule has 112 valence electrons. The fraction of sp³-hybridized carbons (Fsp3) is 0.143. The van der Waals surface area contributed by atoms with Gasteiger partial charge in [-0.05, 0) is 23.6 Å². The Labute approximate surface area is 130 Å². The topological polar surface area (TPSA) is 81.9 Å². The normalized spacial score (nSPS) is 10.4. The second-order valence-corrected chi connectivity index (χ2v) is 5.16. The molecular formula is C14H13N5O2S. The molecule has 3 heterocycles. The zero-order valence-electron chi connectivity index (χ0n) is 11.8. The van der Waals surface area contributed by atoms with Crippen LogP contribution in [0.4, 0.5) is 0 Å².